The molecule has 2 rings (SSSR count). The number of rotatable bonds is 9. The largest absolute Gasteiger partial charge is 0.490 e. The Morgan fingerprint density at radius 1 is 0.923 bits per heavy atom. The minimum absolute atomic E-state index is 0.184. The summed E-state index contributed by atoms with van der Waals surface area (Å²) in [5, 5.41) is 2.94. The Labute approximate surface area is 155 Å². The lowest BCUT2D eigenvalue weighted by Crippen LogP contribution is -2.23. The molecule has 0 aliphatic rings. The summed E-state index contributed by atoms with van der Waals surface area (Å²) in [4.78, 5) is 12.6. The highest BCUT2D eigenvalue weighted by atomic mass is 16.5. The smallest absolute Gasteiger partial charge is 0.251 e. The van der Waals surface area contributed by atoms with Crippen molar-refractivity contribution >= 4 is 5.91 Å². The van der Waals surface area contributed by atoms with Gasteiger partial charge in [0, 0.05) is 12.1 Å². The molecule has 0 spiro atoms. The van der Waals surface area contributed by atoms with Crippen LogP contribution in [0.3, 0.4) is 0 Å². The van der Waals surface area contributed by atoms with Crippen LogP contribution in [0.15, 0.2) is 36.4 Å². The first kappa shape index (κ1) is 19.6. The molecule has 140 valence electrons. The van der Waals surface area contributed by atoms with Gasteiger partial charge in [-0.25, -0.2) is 0 Å². The molecule has 0 unspecified atom stereocenters. The fraction of sp³-hybridized carbons (Fsp3) is 0.381. The molecule has 0 saturated carbocycles. The van der Waals surface area contributed by atoms with E-state index < -0.39 is 0 Å². The Morgan fingerprint density at radius 3 is 2.08 bits per heavy atom. The van der Waals surface area contributed by atoms with Gasteiger partial charge < -0.3 is 19.5 Å². The minimum Gasteiger partial charge on any atom is -0.490 e. The molecule has 0 aliphatic carbocycles. The summed E-state index contributed by atoms with van der Waals surface area (Å²) in [6.07, 6.45) is 0. The standard InChI is InChI=1S/C21H27NO4/c1-5-24-18-12-17(13-19(25-6-2)20(18)26-7-3)21(23)22-14-16-10-8-9-15(4)11-16/h8-13H,5-7,14H2,1-4H3,(H,22,23). The van der Waals surface area contributed by atoms with Gasteiger partial charge in [0.15, 0.2) is 11.5 Å². The second-order valence-corrected chi connectivity index (χ2v) is 5.77. The number of nitrogens with one attached hydrogen (secondary N) is 1. The predicted molar refractivity (Wildman–Crippen MR) is 102 cm³/mol. The molecular formula is C21H27NO4. The molecule has 0 bridgehead atoms. The van der Waals surface area contributed by atoms with Crippen molar-refractivity contribution in [1.29, 1.82) is 0 Å². The number of ether oxygens (including phenoxy) is 3. The van der Waals surface area contributed by atoms with E-state index >= 15 is 0 Å². The van der Waals surface area contributed by atoms with Crippen LogP contribution in [0.25, 0.3) is 0 Å². The third-order valence-corrected chi connectivity index (χ3v) is 3.71. The van der Waals surface area contributed by atoms with Crippen molar-refractivity contribution in [2.75, 3.05) is 19.8 Å². The molecular weight excluding hydrogens is 330 g/mol. The molecule has 0 fully saturated rings. The summed E-state index contributed by atoms with van der Waals surface area (Å²) < 4.78 is 17.0. The normalized spacial score (nSPS) is 10.3. The Kier molecular flexibility index (Phi) is 7.33. The van der Waals surface area contributed by atoms with Crippen molar-refractivity contribution in [3.8, 4) is 17.2 Å². The second kappa shape index (κ2) is 9.70. The number of hydrogen-bond acceptors (Lipinski definition) is 4. The lowest BCUT2D eigenvalue weighted by molar-refractivity contribution is 0.0949. The number of amides is 1. The molecule has 1 amide bonds. The summed E-state index contributed by atoms with van der Waals surface area (Å²) >= 11 is 0. The van der Waals surface area contributed by atoms with Crippen LogP contribution in [0.4, 0.5) is 0 Å². The molecule has 26 heavy (non-hydrogen) atoms. The van der Waals surface area contributed by atoms with Crippen LogP contribution in [0.5, 0.6) is 17.2 Å². The van der Waals surface area contributed by atoms with Gasteiger partial charge in [-0.15, -0.1) is 0 Å². The SMILES string of the molecule is CCOc1cc(C(=O)NCc2cccc(C)c2)cc(OCC)c1OCC. The zero-order chi connectivity index (χ0) is 18.9. The van der Waals surface area contributed by atoms with E-state index in [1.807, 2.05) is 45.9 Å². The molecule has 0 heterocycles. The van der Waals surface area contributed by atoms with Crippen LogP contribution in [-0.2, 0) is 6.54 Å². The molecule has 1 N–H and O–H groups in total. The van der Waals surface area contributed by atoms with Crippen LogP contribution < -0.4 is 19.5 Å². The van der Waals surface area contributed by atoms with Gasteiger partial charge >= 0.3 is 0 Å². The number of carbonyl (C=O) groups excluding carboxylic acids is 1. The third kappa shape index (κ3) is 5.15. The Bertz CT molecular complexity index is 716. The fourth-order valence-corrected chi connectivity index (χ4v) is 2.63. The predicted octanol–water partition coefficient (Wildman–Crippen LogP) is 4.12. The molecule has 0 radical (unpaired) electrons. The highest BCUT2D eigenvalue weighted by molar-refractivity contribution is 5.95. The van der Waals surface area contributed by atoms with Crippen molar-refractivity contribution in [1.82, 2.24) is 5.32 Å². The zero-order valence-corrected chi connectivity index (χ0v) is 15.9. The molecule has 0 atom stereocenters. The van der Waals surface area contributed by atoms with Crippen molar-refractivity contribution in [3.05, 3.63) is 53.1 Å². The minimum atomic E-state index is -0.184. The summed E-state index contributed by atoms with van der Waals surface area (Å²) in [5.41, 5.74) is 2.70. The maximum Gasteiger partial charge on any atom is 0.251 e. The van der Waals surface area contributed by atoms with Gasteiger partial charge in [-0.1, -0.05) is 29.8 Å². The van der Waals surface area contributed by atoms with Crippen molar-refractivity contribution in [3.63, 3.8) is 0 Å². The third-order valence-electron chi connectivity index (χ3n) is 3.71. The highest BCUT2D eigenvalue weighted by Gasteiger charge is 2.18. The number of carbonyl (C=O) groups is 1. The highest BCUT2D eigenvalue weighted by Crippen LogP contribution is 2.39. The Morgan fingerprint density at radius 2 is 1.54 bits per heavy atom. The fourth-order valence-electron chi connectivity index (χ4n) is 2.63. The summed E-state index contributed by atoms with van der Waals surface area (Å²) in [6, 6.07) is 11.4. The van der Waals surface area contributed by atoms with Gasteiger partial charge in [0.05, 0.1) is 19.8 Å². The second-order valence-electron chi connectivity index (χ2n) is 5.77. The van der Waals surface area contributed by atoms with Crippen LogP contribution >= 0.6 is 0 Å². The topological polar surface area (TPSA) is 56.8 Å². The van der Waals surface area contributed by atoms with Crippen molar-refractivity contribution < 1.29 is 19.0 Å². The Balaban J connectivity index is 2.24. The van der Waals surface area contributed by atoms with Crippen LogP contribution in [0, 0.1) is 6.92 Å². The van der Waals surface area contributed by atoms with E-state index in [0.717, 1.165) is 11.1 Å². The van der Waals surface area contributed by atoms with E-state index in [1.165, 1.54) is 0 Å². The van der Waals surface area contributed by atoms with Crippen LogP contribution in [-0.4, -0.2) is 25.7 Å². The summed E-state index contributed by atoms with van der Waals surface area (Å²) in [5.74, 6) is 1.38. The van der Waals surface area contributed by atoms with Gasteiger partial charge in [-0.05, 0) is 45.4 Å². The van der Waals surface area contributed by atoms with Crippen LogP contribution in [0.1, 0.15) is 42.3 Å². The number of benzene rings is 2. The van der Waals surface area contributed by atoms with E-state index in [-0.39, 0.29) is 5.91 Å². The lowest BCUT2D eigenvalue weighted by Gasteiger charge is -2.17. The average Bonchev–Trinajstić information content (AvgIpc) is 2.62. The summed E-state index contributed by atoms with van der Waals surface area (Å²) in [6.45, 7) is 9.59. The molecule has 0 aliphatic heterocycles. The van der Waals surface area contributed by atoms with Crippen molar-refractivity contribution in [2.45, 2.75) is 34.2 Å². The molecule has 5 nitrogen and oxygen atoms in total. The van der Waals surface area contributed by atoms with Gasteiger partial charge in [-0.3, -0.25) is 4.79 Å². The number of hydrogen-bond donors (Lipinski definition) is 1. The quantitative estimate of drug-likeness (QED) is 0.733. The first-order chi connectivity index (χ1) is 12.6. The van der Waals surface area contributed by atoms with Crippen molar-refractivity contribution in [2.24, 2.45) is 0 Å². The Hall–Kier alpha value is -2.69. The van der Waals surface area contributed by atoms with E-state index in [4.69, 9.17) is 14.2 Å². The molecule has 2 aromatic rings. The maximum absolute atomic E-state index is 12.6. The lowest BCUT2D eigenvalue weighted by atomic mass is 10.1. The first-order valence-corrected chi connectivity index (χ1v) is 8.99. The molecule has 2 aromatic carbocycles. The first-order valence-electron chi connectivity index (χ1n) is 8.99. The van der Waals surface area contributed by atoms with E-state index in [0.29, 0.717) is 49.2 Å². The molecule has 0 saturated heterocycles. The van der Waals surface area contributed by atoms with Gasteiger partial charge in [0.25, 0.3) is 5.91 Å². The van der Waals surface area contributed by atoms with Crippen LogP contribution in [0.2, 0.25) is 0 Å². The average molecular weight is 357 g/mol. The molecule has 0 aromatic heterocycles. The van der Waals surface area contributed by atoms with E-state index in [9.17, 15) is 4.79 Å². The van der Waals surface area contributed by atoms with E-state index in [1.54, 1.807) is 12.1 Å². The van der Waals surface area contributed by atoms with Gasteiger partial charge in [-0.2, -0.15) is 0 Å². The van der Waals surface area contributed by atoms with Gasteiger partial charge in [0.1, 0.15) is 0 Å². The molecule has 5 heteroatoms. The monoisotopic (exact) mass is 357 g/mol. The number of aryl methyl sites for hydroxylation is 1. The zero-order valence-electron chi connectivity index (χ0n) is 15.9. The van der Waals surface area contributed by atoms with Gasteiger partial charge in [0.2, 0.25) is 5.75 Å². The maximum atomic E-state index is 12.6. The summed E-state index contributed by atoms with van der Waals surface area (Å²) in [7, 11) is 0. The van der Waals surface area contributed by atoms with E-state index in [2.05, 4.69) is 11.4 Å².